The molecule has 0 aromatic carbocycles. The van der Waals surface area contributed by atoms with E-state index in [0.29, 0.717) is 25.5 Å². The summed E-state index contributed by atoms with van der Waals surface area (Å²) in [5, 5.41) is 15.5. The maximum absolute atomic E-state index is 12.2. The first-order valence-corrected chi connectivity index (χ1v) is 7.47. The van der Waals surface area contributed by atoms with Gasteiger partial charge in [-0.05, 0) is 31.6 Å². The molecular weight excluding hydrogens is 260 g/mol. The molecule has 2 rings (SSSR count). The molecule has 2 heterocycles. The van der Waals surface area contributed by atoms with Crippen LogP contribution in [0.3, 0.4) is 0 Å². The fourth-order valence-electron chi connectivity index (χ4n) is 2.97. The van der Waals surface area contributed by atoms with Crippen LogP contribution in [0.2, 0.25) is 0 Å². The summed E-state index contributed by atoms with van der Waals surface area (Å²) in [4.78, 5) is 12.2. The Morgan fingerprint density at radius 3 is 2.85 bits per heavy atom. The lowest BCUT2D eigenvalue weighted by molar-refractivity contribution is -0.124. The van der Waals surface area contributed by atoms with Crippen molar-refractivity contribution < 1.29 is 19.4 Å². The van der Waals surface area contributed by atoms with E-state index in [1.165, 1.54) is 0 Å². The van der Waals surface area contributed by atoms with Crippen molar-refractivity contribution in [2.45, 2.75) is 43.9 Å². The third-order valence-electron chi connectivity index (χ3n) is 4.10. The Hall–Kier alpha value is -0.690. The van der Waals surface area contributed by atoms with Gasteiger partial charge < -0.3 is 25.2 Å². The van der Waals surface area contributed by atoms with Crippen LogP contribution >= 0.6 is 0 Å². The maximum atomic E-state index is 12.2. The number of nitrogens with one attached hydrogen (secondary N) is 2. The predicted octanol–water partition coefficient (Wildman–Crippen LogP) is -0.343. The first kappa shape index (κ1) is 15.7. The van der Waals surface area contributed by atoms with Gasteiger partial charge >= 0.3 is 0 Å². The molecule has 0 aromatic heterocycles. The molecule has 0 saturated carbocycles. The van der Waals surface area contributed by atoms with Crippen molar-refractivity contribution in [2.24, 2.45) is 5.92 Å². The molecule has 1 unspecified atom stereocenters. The number of ether oxygens (including phenoxy) is 2. The summed E-state index contributed by atoms with van der Waals surface area (Å²) in [5.74, 6) is 0.557. The van der Waals surface area contributed by atoms with Crippen molar-refractivity contribution in [2.75, 3.05) is 33.5 Å². The molecular formula is C14H26N2O4. The Bertz CT molecular complexity index is 308. The van der Waals surface area contributed by atoms with Crippen LogP contribution in [0.5, 0.6) is 0 Å². The highest BCUT2D eigenvalue weighted by Crippen LogP contribution is 2.20. The van der Waals surface area contributed by atoms with Gasteiger partial charge in [-0.1, -0.05) is 0 Å². The normalized spacial score (nSPS) is 29.3. The highest BCUT2D eigenvalue weighted by atomic mass is 16.5. The molecule has 2 fully saturated rings. The number of carbonyl (C=O) groups excluding carboxylic acids is 1. The number of carbonyl (C=O) groups is 1. The quantitative estimate of drug-likeness (QED) is 0.622. The Morgan fingerprint density at radius 2 is 2.25 bits per heavy atom. The Balaban J connectivity index is 1.79. The highest BCUT2D eigenvalue weighted by molar-refractivity contribution is 5.82. The molecule has 20 heavy (non-hydrogen) atoms. The fraction of sp³-hybridized carbons (Fsp3) is 0.929. The summed E-state index contributed by atoms with van der Waals surface area (Å²) < 4.78 is 10.6. The zero-order valence-corrected chi connectivity index (χ0v) is 12.1. The topological polar surface area (TPSA) is 79.8 Å². The molecule has 1 amide bonds. The third kappa shape index (κ3) is 4.70. The number of aliphatic hydroxyl groups excluding tert-OH is 1. The molecule has 0 bridgehead atoms. The van der Waals surface area contributed by atoms with Crippen molar-refractivity contribution in [3.05, 3.63) is 0 Å². The molecule has 6 nitrogen and oxygen atoms in total. The number of β-amino-alcohol motifs (C(OH)–C–C–N with tert-alkyl or cyclic N) is 1. The Morgan fingerprint density at radius 1 is 1.50 bits per heavy atom. The molecule has 0 radical (unpaired) electrons. The minimum atomic E-state index is -0.415. The van der Waals surface area contributed by atoms with Gasteiger partial charge in [-0.2, -0.15) is 0 Å². The van der Waals surface area contributed by atoms with E-state index in [2.05, 4.69) is 10.6 Å². The minimum absolute atomic E-state index is 0.0318. The third-order valence-corrected chi connectivity index (χ3v) is 4.10. The molecule has 116 valence electrons. The average Bonchev–Trinajstić information content (AvgIpc) is 2.87. The number of rotatable bonds is 6. The smallest absolute Gasteiger partial charge is 0.237 e. The molecule has 0 aliphatic carbocycles. The van der Waals surface area contributed by atoms with E-state index in [4.69, 9.17) is 9.47 Å². The monoisotopic (exact) mass is 286 g/mol. The standard InChI is InChI=1S/C14H26N2O4/c1-19-9-11(6-10-2-4-20-5-3-10)16-14(18)13-7-12(17)8-15-13/h10-13,15,17H,2-9H2,1H3,(H,16,18)/t11?,12-,13+/m1/s1. The summed E-state index contributed by atoms with van der Waals surface area (Å²) in [6.45, 7) is 2.65. The fourth-order valence-corrected chi connectivity index (χ4v) is 2.97. The van der Waals surface area contributed by atoms with Gasteiger partial charge in [-0.25, -0.2) is 0 Å². The number of aliphatic hydroxyl groups is 1. The van der Waals surface area contributed by atoms with Crippen LogP contribution in [0.25, 0.3) is 0 Å². The van der Waals surface area contributed by atoms with Crippen LogP contribution in [0.15, 0.2) is 0 Å². The summed E-state index contributed by atoms with van der Waals surface area (Å²) in [7, 11) is 1.65. The summed E-state index contributed by atoms with van der Waals surface area (Å²) in [6, 6.07) is -0.241. The molecule has 0 spiro atoms. The van der Waals surface area contributed by atoms with Crippen molar-refractivity contribution >= 4 is 5.91 Å². The van der Waals surface area contributed by atoms with Gasteiger partial charge in [0.05, 0.1) is 24.8 Å². The van der Waals surface area contributed by atoms with E-state index in [-0.39, 0.29) is 18.0 Å². The van der Waals surface area contributed by atoms with Crippen LogP contribution < -0.4 is 10.6 Å². The summed E-state index contributed by atoms with van der Waals surface area (Å²) in [5.41, 5.74) is 0. The van der Waals surface area contributed by atoms with Crippen LogP contribution in [0.4, 0.5) is 0 Å². The largest absolute Gasteiger partial charge is 0.392 e. The second-order valence-corrected chi connectivity index (χ2v) is 5.80. The lowest BCUT2D eigenvalue weighted by Gasteiger charge is -2.27. The van der Waals surface area contributed by atoms with Crippen LogP contribution in [-0.4, -0.2) is 62.7 Å². The van der Waals surface area contributed by atoms with Crippen LogP contribution in [0, 0.1) is 5.92 Å². The van der Waals surface area contributed by atoms with Gasteiger partial charge in [0, 0.05) is 26.9 Å². The summed E-state index contributed by atoms with van der Waals surface area (Å²) in [6.07, 6.45) is 3.11. The molecule has 3 atom stereocenters. The first-order chi connectivity index (χ1) is 9.69. The zero-order chi connectivity index (χ0) is 14.4. The van der Waals surface area contributed by atoms with E-state index < -0.39 is 6.10 Å². The Kier molecular flexibility index (Phi) is 6.22. The van der Waals surface area contributed by atoms with Gasteiger partial charge in [0.2, 0.25) is 5.91 Å². The SMILES string of the molecule is COCC(CC1CCOCC1)NC(=O)[C@@H]1C[C@@H](O)CN1. The van der Waals surface area contributed by atoms with Crippen molar-refractivity contribution in [1.82, 2.24) is 10.6 Å². The molecule has 2 aliphatic rings. The van der Waals surface area contributed by atoms with Crippen LogP contribution in [0.1, 0.15) is 25.7 Å². The lowest BCUT2D eigenvalue weighted by atomic mass is 9.92. The lowest BCUT2D eigenvalue weighted by Crippen LogP contribution is -2.47. The molecule has 2 saturated heterocycles. The molecule has 6 heteroatoms. The second kappa shape index (κ2) is 7.93. The minimum Gasteiger partial charge on any atom is -0.392 e. The Labute approximate surface area is 120 Å². The van der Waals surface area contributed by atoms with Gasteiger partial charge in [0.1, 0.15) is 0 Å². The summed E-state index contributed by atoms with van der Waals surface area (Å²) >= 11 is 0. The van der Waals surface area contributed by atoms with E-state index in [1.54, 1.807) is 7.11 Å². The first-order valence-electron chi connectivity index (χ1n) is 7.47. The predicted molar refractivity (Wildman–Crippen MR) is 74.4 cm³/mol. The zero-order valence-electron chi connectivity index (χ0n) is 12.1. The number of amides is 1. The van der Waals surface area contributed by atoms with Gasteiger partial charge in [0.25, 0.3) is 0 Å². The number of methoxy groups -OCH3 is 1. The van der Waals surface area contributed by atoms with E-state index in [1.807, 2.05) is 0 Å². The van der Waals surface area contributed by atoms with E-state index in [0.717, 1.165) is 32.5 Å². The number of hydrogen-bond acceptors (Lipinski definition) is 5. The average molecular weight is 286 g/mol. The van der Waals surface area contributed by atoms with Gasteiger partial charge in [0.15, 0.2) is 0 Å². The van der Waals surface area contributed by atoms with Crippen LogP contribution in [-0.2, 0) is 14.3 Å². The van der Waals surface area contributed by atoms with E-state index in [9.17, 15) is 9.90 Å². The van der Waals surface area contributed by atoms with Gasteiger partial charge in [-0.15, -0.1) is 0 Å². The van der Waals surface area contributed by atoms with Gasteiger partial charge in [-0.3, -0.25) is 4.79 Å². The van der Waals surface area contributed by atoms with Crippen molar-refractivity contribution in [1.29, 1.82) is 0 Å². The molecule has 2 aliphatic heterocycles. The second-order valence-electron chi connectivity index (χ2n) is 5.80. The van der Waals surface area contributed by atoms with Crippen molar-refractivity contribution in [3.63, 3.8) is 0 Å². The molecule has 3 N–H and O–H groups in total. The number of hydrogen-bond donors (Lipinski definition) is 3. The van der Waals surface area contributed by atoms with Crippen molar-refractivity contribution in [3.8, 4) is 0 Å². The molecule has 0 aromatic rings. The highest BCUT2D eigenvalue weighted by Gasteiger charge is 2.30. The maximum Gasteiger partial charge on any atom is 0.237 e. The van der Waals surface area contributed by atoms with E-state index >= 15 is 0 Å².